The molecule has 2 aromatic rings. The van der Waals surface area contributed by atoms with E-state index in [1.54, 1.807) is 20.8 Å². The molecule has 3 rings (SSSR count). The highest BCUT2D eigenvalue weighted by Gasteiger charge is 2.39. The van der Waals surface area contributed by atoms with Crippen LogP contribution >= 0.6 is 11.6 Å². The van der Waals surface area contributed by atoms with E-state index in [-0.39, 0.29) is 30.2 Å². The topological polar surface area (TPSA) is 123 Å². The fourth-order valence-corrected chi connectivity index (χ4v) is 3.76. The number of hydrogen-bond acceptors (Lipinski definition) is 7. The maximum Gasteiger partial charge on any atom is 0.451 e. The highest BCUT2D eigenvalue weighted by atomic mass is 35.5. The van der Waals surface area contributed by atoms with E-state index in [9.17, 15) is 31.9 Å². The van der Waals surface area contributed by atoms with Gasteiger partial charge < -0.3 is 20.1 Å². The zero-order valence-corrected chi connectivity index (χ0v) is 21.9. The lowest BCUT2D eigenvalue weighted by molar-refractivity contribution is -0.145. The van der Waals surface area contributed by atoms with Crippen LogP contribution in [0.4, 0.5) is 28.2 Å². The number of benzene rings is 1. The van der Waals surface area contributed by atoms with Gasteiger partial charge in [0.1, 0.15) is 29.0 Å². The van der Waals surface area contributed by atoms with Gasteiger partial charge in [0.15, 0.2) is 6.61 Å². The Balaban J connectivity index is 1.68. The van der Waals surface area contributed by atoms with Gasteiger partial charge in [-0.1, -0.05) is 11.6 Å². The molecule has 212 valence electrons. The van der Waals surface area contributed by atoms with Crippen LogP contribution in [0.25, 0.3) is 0 Å². The van der Waals surface area contributed by atoms with Crippen molar-refractivity contribution < 1.29 is 41.4 Å². The van der Waals surface area contributed by atoms with Gasteiger partial charge in [-0.2, -0.15) is 13.2 Å². The van der Waals surface area contributed by atoms with E-state index in [1.165, 1.54) is 12.1 Å². The number of alkyl halides is 3. The zero-order chi connectivity index (χ0) is 29.0. The quantitative estimate of drug-likeness (QED) is 0.495. The molecule has 1 fully saturated rings. The molecule has 2 N–H and O–H groups in total. The summed E-state index contributed by atoms with van der Waals surface area (Å²) in [5.41, 5.74) is -0.912. The summed E-state index contributed by atoms with van der Waals surface area (Å²) >= 11 is 5.62. The van der Waals surface area contributed by atoms with Crippen molar-refractivity contribution in [3.05, 3.63) is 47.1 Å². The van der Waals surface area contributed by atoms with Gasteiger partial charge in [0.2, 0.25) is 11.7 Å². The first kappa shape index (κ1) is 29.9. The number of carbonyl (C=O) groups is 3. The van der Waals surface area contributed by atoms with Crippen LogP contribution in [0, 0.1) is 5.82 Å². The number of ether oxygens (including phenoxy) is 2. The van der Waals surface area contributed by atoms with Crippen molar-refractivity contribution in [2.75, 3.05) is 18.5 Å². The number of amides is 3. The average molecular weight is 576 g/mol. The molecule has 15 heteroatoms. The average Bonchev–Trinajstić information content (AvgIpc) is 2.83. The monoisotopic (exact) mass is 575 g/mol. The van der Waals surface area contributed by atoms with Gasteiger partial charge in [0.05, 0.1) is 5.02 Å². The van der Waals surface area contributed by atoms with Gasteiger partial charge in [-0.25, -0.2) is 19.2 Å². The van der Waals surface area contributed by atoms with E-state index in [0.29, 0.717) is 0 Å². The van der Waals surface area contributed by atoms with Crippen LogP contribution < -0.4 is 15.4 Å². The summed E-state index contributed by atoms with van der Waals surface area (Å²) in [5.74, 6) is -3.80. The fraction of sp³-hybridized carbons (Fsp3) is 0.458. The van der Waals surface area contributed by atoms with Crippen molar-refractivity contribution in [1.29, 1.82) is 0 Å². The maximum absolute atomic E-state index is 13.6. The third-order valence-electron chi connectivity index (χ3n) is 5.30. The van der Waals surface area contributed by atoms with Crippen molar-refractivity contribution in [3.8, 4) is 5.75 Å². The Hall–Kier alpha value is -3.68. The van der Waals surface area contributed by atoms with Crippen molar-refractivity contribution in [2.45, 2.75) is 57.5 Å². The first-order chi connectivity index (χ1) is 18.1. The molecule has 2 atom stereocenters. The number of aromatic nitrogens is 2. The second-order valence-corrected chi connectivity index (χ2v) is 10.0. The molecular formula is C24H26ClF4N5O5. The smallest absolute Gasteiger partial charge is 0.451 e. The minimum Gasteiger partial charge on any atom is -0.484 e. The van der Waals surface area contributed by atoms with Gasteiger partial charge in [-0.3, -0.25) is 14.5 Å². The Bertz CT molecular complexity index is 1220. The molecular weight excluding hydrogens is 550 g/mol. The normalized spacial score (nSPS) is 17.8. The van der Waals surface area contributed by atoms with E-state index in [2.05, 4.69) is 20.6 Å². The highest BCUT2D eigenvalue weighted by Crippen LogP contribution is 2.27. The van der Waals surface area contributed by atoms with Gasteiger partial charge in [-0.15, -0.1) is 0 Å². The molecule has 3 amide bonds. The second-order valence-electron chi connectivity index (χ2n) is 9.61. The van der Waals surface area contributed by atoms with Crippen LogP contribution in [-0.2, 0) is 20.5 Å². The van der Waals surface area contributed by atoms with Crippen LogP contribution in [-0.4, -0.2) is 63.6 Å². The predicted octanol–water partition coefficient (Wildman–Crippen LogP) is 4.19. The number of rotatable bonds is 6. The SMILES string of the molecule is CC(C)(C)OC(=O)N1C[C@@H](NC(=O)COc2ccc(Cl)c(F)c2)CC[C@@H]1C(=O)Nc1ccnc(C(F)(F)F)n1. The van der Waals surface area contributed by atoms with Crippen molar-refractivity contribution in [3.63, 3.8) is 0 Å². The lowest BCUT2D eigenvalue weighted by Crippen LogP contribution is -2.58. The van der Waals surface area contributed by atoms with Crippen LogP contribution in [0.15, 0.2) is 30.5 Å². The van der Waals surface area contributed by atoms with Crippen molar-refractivity contribution in [2.24, 2.45) is 0 Å². The molecule has 1 aliphatic rings. The zero-order valence-electron chi connectivity index (χ0n) is 21.1. The predicted molar refractivity (Wildman–Crippen MR) is 130 cm³/mol. The summed E-state index contributed by atoms with van der Waals surface area (Å²) in [4.78, 5) is 45.9. The number of nitrogens with one attached hydrogen (secondary N) is 2. The molecule has 0 radical (unpaired) electrons. The van der Waals surface area contributed by atoms with Gasteiger partial charge in [0.25, 0.3) is 5.91 Å². The van der Waals surface area contributed by atoms with Crippen LogP contribution in [0.5, 0.6) is 5.75 Å². The Morgan fingerprint density at radius 3 is 2.51 bits per heavy atom. The number of anilines is 1. The molecule has 0 unspecified atom stereocenters. The molecule has 0 saturated carbocycles. The Labute approximate surface area is 226 Å². The molecule has 1 aliphatic heterocycles. The molecule has 39 heavy (non-hydrogen) atoms. The number of piperidine rings is 1. The molecule has 0 spiro atoms. The number of halogens is 5. The van der Waals surface area contributed by atoms with Crippen LogP contribution in [0.2, 0.25) is 5.02 Å². The lowest BCUT2D eigenvalue weighted by atomic mass is 9.97. The summed E-state index contributed by atoms with van der Waals surface area (Å²) in [6, 6.07) is 3.06. The third kappa shape index (κ3) is 8.67. The van der Waals surface area contributed by atoms with E-state index in [0.717, 1.165) is 23.2 Å². The van der Waals surface area contributed by atoms with E-state index >= 15 is 0 Å². The summed E-state index contributed by atoms with van der Waals surface area (Å²) < 4.78 is 63.1. The van der Waals surface area contributed by atoms with Crippen LogP contribution in [0.1, 0.15) is 39.4 Å². The van der Waals surface area contributed by atoms with Crippen LogP contribution in [0.3, 0.4) is 0 Å². The minimum atomic E-state index is -4.81. The molecule has 1 aromatic carbocycles. The van der Waals surface area contributed by atoms with E-state index in [1.807, 2.05) is 0 Å². The number of nitrogens with zero attached hydrogens (tertiary/aromatic N) is 3. The van der Waals surface area contributed by atoms with Crippen molar-refractivity contribution >= 4 is 35.3 Å². The Morgan fingerprint density at radius 2 is 1.87 bits per heavy atom. The van der Waals surface area contributed by atoms with Gasteiger partial charge >= 0.3 is 12.3 Å². The van der Waals surface area contributed by atoms with Gasteiger partial charge in [-0.05, 0) is 51.8 Å². The summed E-state index contributed by atoms with van der Waals surface area (Å²) in [7, 11) is 0. The lowest BCUT2D eigenvalue weighted by Gasteiger charge is -2.39. The standard InChI is InChI=1S/C24H26ClF4N5O5/c1-23(2,3)39-22(37)34-11-13(31-19(35)12-38-14-5-6-15(25)16(26)10-14)4-7-17(34)20(36)32-18-8-9-30-21(33-18)24(27,28)29/h5-6,8-10,13,17H,4,7,11-12H2,1-3H3,(H,31,35)(H,30,32,33,36)/t13-,17+/m0/s1. The number of carbonyl (C=O) groups excluding carboxylic acids is 3. The second kappa shape index (κ2) is 12.0. The summed E-state index contributed by atoms with van der Waals surface area (Å²) in [6.07, 6.45) is -4.52. The van der Waals surface area contributed by atoms with Crippen molar-refractivity contribution in [1.82, 2.24) is 20.2 Å². The molecule has 1 saturated heterocycles. The fourth-order valence-electron chi connectivity index (χ4n) is 3.64. The Kier molecular flexibility index (Phi) is 9.20. The maximum atomic E-state index is 13.6. The Morgan fingerprint density at radius 1 is 1.15 bits per heavy atom. The first-order valence-electron chi connectivity index (χ1n) is 11.7. The molecule has 10 nitrogen and oxygen atoms in total. The largest absolute Gasteiger partial charge is 0.484 e. The number of likely N-dealkylation sites (tertiary alicyclic amines) is 1. The summed E-state index contributed by atoms with van der Waals surface area (Å²) in [6.45, 7) is 4.29. The molecule has 1 aromatic heterocycles. The molecule has 2 heterocycles. The summed E-state index contributed by atoms with van der Waals surface area (Å²) in [5, 5.41) is 4.87. The highest BCUT2D eigenvalue weighted by molar-refractivity contribution is 6.30. The van der Waals surface area contributed by atoms with E-state index < -0.39 is 65.8 Å². The third-order valence-corrected chi connectivity index (χ3v) is 5.61. The molecule has 0 bridgehead atoms. The minimum absolute atomic E-state index is 0.0521. The first-order valence-corrected chi connectivity index (χ1v) is 12.1. The molecule has 0 aliphatic carbocycles. The van der Waals surface area contributed by atoms with Gasteiger partial charge in [0, 0.05) is 24.8 Å². The van der Waals surface area contributed by atoms with E-state index in [4.69, 9.17) is 21.1 Å². The number of hydrogen-bond donors (Lipinski definition) is 2.